The number of benzene rings is 1. The third-order valence-corrected chi connectivity index (χ3v) is 3.10. The van der Waals surface area contributed by atoms with E-state index in [1.165, 1.54) is 4.90 Å². The lowest BCUT2D eigenvalue weighted by Gasteiger charge is -2.21. The molecule has 1 amide bonds. The van der Waals surface area contributed by atoms with Crippen molar-refractivity contribution in [3.63, 3.8) is 0 Å². The molecule has 1 aliphatic rings. The predicted molar refractivity (Wildman–Crippen MR) is 67.3 cm³/mol. The van der Waals surface area contributed by atoms with Gasteiger partial charge in [0.2, 0.25) is 0 Å². The second-order valence-corrected chi connectivity index (χ2v) is 4.56. The van der Waals surface area contributed by atoms with Crippen LogP contribution in [-0.2, 0) is 0 Å². The molecule has 0 aromatic heterocycles. The van der Waals surface area contributed by atoms with E-state index >= 15 is 0 Å². The van der Waals surface area contributed by atoms with Crippen LogP contribution in [0.15, 0.2) is 18.2 Å². The predicted octanol–water partition coefficient (Wildman–Crippen LogP) is 2.25. The summed E-state index contributed by atoms with van der Waals surface area (Å²) in [4.78, 5) is 24.0. The zero-order valence-corrected chi connectivity index (χ0v) is 10.6. The Kier molecular flexibility index (Phi) is 3.94. The number of carbonyl (C=O) groups is 1. The van der Waals surface area contributed by atoms with Gasteiger partial charge in [0.15, 0.2) is 0 Å². The summed E-state index contributed by atoms with van der Waals surface area (Å²) in [5, 5.41) is 19.5. The summed E-state index contributed by atoms with van der Waals surface area (Å²) in [6.07, 6.45) is 1.82. The molecule has 0 unspecified atom stereocenters. The highest BCUT2D eigenvalue weighted by Gasteiger charge is 2.35. The second kappa shape index (κ2) is 5.65. The zero-order chi connectivity index (χ0) is 14.7. The second-order valence-electron chi connectivity index (χ2n) is 4.56. The monoisotopic (exact) mass is 277 g/mol. The minimum absolute atomic E-state index is 0.0282. The molecule has 1 aromatic carbocycles. The molecule has 0 aliphatic heterocycles. The number of nitro groups is 1. The molecular formula is C13H12FN3O3. The number of hydrogen-bond acceptors (Lipinski definition) is 4. The molecule has 0 bridgehead atoms. The minimum atomic E-state index is -0.772. The molecule has 2 rings (SSSR count). The van der Waals surface area contributed by atoms with Crippen LogP contribution in [0.2, 0.25) is 0 Å². The standard InChI is InChI=1S/C13H12FN3O3/c14-9-2-5-11(12(8-9)17(19)20)13(18)16(7-1-6-15)10-3-4-10/h2,5,8,10H,1,3-4,7H2. The van der Waals surface area contributed by atoms with E-state index in [1.807, 2.05) is 6.07 Å². The van der Waals surface area contributed by atoms with E-state index < -0.39 is 22.3 Å². The van der Waals surface area contributed by atoms with Crippen LogP contribution < -0.4 is 0 Å². The minimum Gasteiger partial charge on any atom is -0.334 e. The number of hydrogen-bond donors (Lipinski definition) is 0. The Balaban J connectivity index is 2.31. The molecule has 1 fully saturated rings. The Morgan fingerprint density at radius 2 is 2.25 bits per heavy atom. The fourth-order valence-electron chi connectivity index (χ4n) is 2.00. The Hall–Kier alpha value is -2.49. The van der Waals surface area contributed by atoms with Gasteiger partial charge < -0.3 is 4.90 Å². The highest BCUT2D eigenvalue weighted by molar-refractivity contribution is 5.98. The Labute approximate surface area is 114 Å². The molecule has 104 valence electrons. The van der Waals surface area contributed by atoms with Crippen molar-refractivity contribution in [3.8, 4) is 6.07 Å². The summed E-state index contributed by atoms with van der Waals surface area (Å²) in [5.74, 6) is -1.28. The highest BCUT2D eigenvalue weighted by Crippen LogP contribution is 2.30. The number of amides is 1. The molecule has 1 saturated carbocycles. The van der Waals surface area contributed by atoms with Crippen LogP contribution in [0, 0.1) is 27.3 Å². The highest BCUT2D eigenvalue weighted by atomic mass is 19.1. The summed E-state index contributed by atoms with van der Waals surface area (Å²) in [6, 6.07) is 4.86. The number of carbonyl (C=O) groups excluding carboxylic acids is 1. The largest absolute Gasteiger partial charge is 0.334 e. The number of rotatable bonds is 5. The van der Waals surface area contributed by atoms with Gasteiger partial charge in [-0.2, -0.15) is 5.26 Å². The molecule has 0 saturated heterocycles. The molecule has 7 heteroatoms. The lowest BCUT2D eigenvalue weighted by Crippen LogP contribution is -2.34. The first-order valence-corrected chi connectivity index (χ1v) is 6.16. The van der Waals surface area contributed by atoms with Gasteiger partial charge in [0, 0.05) is 12.6 Å². The third kappa shape index (κ3) is 2.91. The molecule has 0 N–H and O–H groups in total. The average Bonchev–Trinajstić information content (AvgIpc) is 3.23. The van der Waals surface area contributed by atoms with E-state index in [0.717, 1.165) is 31.0 Å². The molecule has 1 aromatic rings. The lowest BCUT2D eigenvalue weighted by molar-refractivity contribution is -0.385. The van der Waals surface area contributed by atoms with Crippen molar-refractivity contribution in [1.29, 1.82) is 5.26 Å². The number of nitro benzene ring substituents is 1. The lowest BCUT2D eigenvalue weighted by atomic mass is 10.1. The SMILES string of the molecule is N#CCCN(C(=O)c1ccc(F)cc1[N+](=O)[O-])C1CC1. The molecule has 20 heavy (non-hydrogen) atoms. The van der Waals surface area contributed by atoms with Gasteiger partial charge in [-0.3, -0.25) is 14.9 Å². The molecular weight excluding hydrogens is 265 g/mol. The maximum absolute atomic E-state index is 13.1. The molecule has 6 nitrogen and oxygen atoms in total. The van der Waals surface area contributed by atoms with Gasteiger partial charge in [-0.15, -0.1) is 0 Å². The van der Waals surface area contributed by atoms with Crippen molar-refractivity contribution >= 4 is 11.6 Å². The summed E-state index contributed by atoms with van der Waals surface area (Å²) in [5.41, 5.74) is -0.682. The normalized spacial score (nSPS) is 13.6. The van der Waals surface area contributed by atoms with E-state index in [4.69, 9.17) is 5.26 Å². The van der Waals surface area contributed by atoms with E-state index in [1.54, 1.807) is 0 Å². The first-order valence-electron chi connectivity index (χ1n) is 6.16. The maximum Gasteiger partial charge on any atom is 0.285 e. The topological polar surface area (TPSA) is 87.2 Å². The van der Waals surface area contributed by atoms with Crippen molar-refractivity contribution < 1.29 is 14.1 Å². The molecule has 0 heterocycles. The van der Waals surface area contributed by atoms with Crippen molar-refractivity contribution in [1.82, 2.24) is 4.90 Å². The van der Waals surface area contributed by atoms with E-state index in [-0.39, 0.29) is 24.6 Å². The van der Waals surface area contributed by atoms with Crippen LogP contribution in [0.4, 0.5) is 10.1 Å². The maximum atomic E-state index is 13.1. The quantitative estimate of drug-likeness (QED) is 0.610. The van der Waals surface area contributed by atoms with Crippen LogP contribution >= 0.6 is 0 Å². The average molecular weight is 277 g/mol. The summed E-state index contributed by atoms with van der Waals surface area (Å²) < 4.78 is 13.1. The van der Waals surface area contributed by atoms with Gasteiger partial charge in [0.25, 0.3) is 11.6 Å². The van der Waals surface area contributed by atoms with Gasteiger partial charge in [-0.1, -0.05) is 0 Å². The zero-order valence-electron chi connectivity index (χ0n) is 10.6. The van der Waals surface area contributed by atoms with E-state index in [9.17, 15) is 19.3 Å². The molecule has 0 radical (unpaired) electrons. The van der Waals surface area contributed by atoms with Gasteiger partial charge in [0.05, 0.1) is 23.5 Å². The number of nitriles is 1. The first kappa shape index (κ1) is 13.9. The van der Waals surface area contributed by atoms with Gasteiger partial charge in [-0.05, 0) is 25.0 Å². The Bertz CT molecular complexity index is 593. The first-order chi connectivity index (χ1) is 9.54. The van der Waals surface area contributed by atoms with Crippen LogP contribution in [-0.4, -0.2) is 28.3 Å². The van der Waals surface area contributed by atoms with Crippen LogP contribution in [0.1, 0.15) is 29.6 Å². The molecule has 0 atom stereocenters. The Morgan fingerprint density at radius 3 is 2.80 bits per heavy atom. The van der Waals surface area contributed by atoms with Gasteiger partial charge in [0.1, 0.15) is 11.4 Å². The van der Waals surface area contributed by atoms with E-state index in [2.05, 4.69) is 0 Å². The molecule has 1 aliphatic carbocycles. The summed E-state index contributed by atoms with van der Waals surface area (Å²) in [7, 11) is 0. The number of nitrogens with zero attached hydrogens (tertiary/aromatic N) is 3. The summed E-state index contributed by atoms with van der Waals surface area (Å²) >= 11 is 0. The van der Waals surface area contributed by atoms with Gasteiger partial charge in [-0.25, -0.2) is 4.39 Å². The third-order valence-electron chi connectivity index (χ3n) is 3.10. The van der Waals surface area contributed by atoms with Crippen LogP contribution in [0.25, 0.3) is 0 Å². The van der Waals surface area contributed by atoms with Crippen molar-refractivity contribution in [2.24, 2.45) is 0 Å². The fraction of sp³-hybridized carbons (Fsp3) is 0.385. The van der Waals surface area contributed by atoms with Crippen molar-refractivity contribution in [2.75, 3.05) is 6.54 Å². The van der Waals surface area contributed by atoms with E-state index in [0.29, 0.717) is 0 Å². The smallest absolute Gasteiger partial charge is 0.285 e. The van der Waals surface area contributed by atoms with Gasteiger partial charge >= 0.3 is 0 Å². The fourth-order valence-corrected chi connectivity index (χ4v) is 2.00. The van der Waals surface area contributed by atoms with Crippen molar-refractivity contribution in [3.05, 3.63) is 39.7 Å². The summed E-state index contributed by atoms with van der Waals surface area (Å²) in [6.45, 7) is 0.231. The van der Waals surface area contributed by atoms with Crippen LogP contribution in [0.3, 0.4) is 0 Å². The molecule has 0 spiro atoms. The van der Waals surface area contributed by atoms with Crippen LogP contribution in [0.5, 0.6) is 0 Å². The number of halogens is 1. The Morgan fingerprint density at radius 1 is 1.55 bits per heavy atom. The van der Waals surface area contributed by atoms with Crippen molar-refractivity contribution in [2.45, 2.75) is 25.3 Å².